The number of halogens is 3. The lowest BCUT2D eigenvalue weighted by atomic mass is 10.1. The van der Waals surface area contributed by atoms with E-state index < -0.39 is 33.7 Å². The van der Waals surface area contributed by atoms with Gasteiger partial charge in [-0.05, 0) is 42.8 Å². The molecule has 1 aromatic heterocycles. The third kappa shape index (κ3) is 5.02. The molecule has 1 amide bonds. The van der Waals surface area contributed by atoms with Gasteiger partial charge in [0.2, 0.25) is 10.0 Å². The molecule has 1 heterocycles. The van der Waals surface area contributed by atoms with E-state index in [1.165, 1.54) is 23.8 Å². The van der Waals surface area contributed by atoms with Crippen molar-refractivity contribution in [3.63, 3.8) is 0 Å². The van der Waals surface area contributed by atoms with Gasteiger partial charge >= 0.3 is 6.18 Å². The molecule has 11 heteroatoms. The average molecular weight is 403 g/mol. The van der Waals surface area contributed by atoms with E-state index in [0.717, 1.165) is 12.1 Å². The average Bonchev–Trinajstić information content (AvgIpc) is 2.65. The molecule has 0 aliphatic rings. The van der Waals surface area contributed by atoms with E-state index in [-0.39, 0.29) is 22.6 Å². The molecule has 2 rings (SSSR count). The Hall–Kier alpha value is -2.50. The molecule has 1 atom stereocenters. The third-order valence-corrected chi connectivity index (χ3v) is 5.19. The van der Waals surface area contributed by atoms with E-state index in [2.05, 4.69) is 9.71 Å². The van der Waals surface area contributed by atoms with Crippen LogP contribution in [0.4, 0.5) is 13.2 Å². The predicted molar refractivity (Wildman–Crippen MR) is 88.3 cm³/mol. The van der Waals surface area contributed by atoms with Crippen LogP contribution in [0.2, 0.25) is 0 Å². The van der Waals surface area contributed by atoms with Crippen molar-refractivity contribution in [2.45, 2.75) is 30.5 Å². The third-order valence-electron chi connectivity index (χ3n) is 3.70. The smallest absolute Gasteiger partial charge is 0.288 e. The Bertz CT molecular complexity index is 915. The van der Waals surface area contributed by atoms with Crippen LogP contribution in [0.3, 0.4) is 0 Å². The van der Waals surface area contributed by atoms with Crippen molar-refractivity contribution >= 4 is 15.9 Å². The number of nitrogens with one attached hydrogen (secondary N) is 2. The summed E-state index contributed by atoms with van der Waals surface area (Å²) in [5.41, 5.74) is 0.781. The molecule has 1 unspecified atom stereocenters. The van der Waals surface area contributed by atoms with E-state index in [0.29, 0.717) is 12.1 Å². The van der Waals surface area contributed by atoms with Gasteiger partial charge < -0.3 is 0 Å². The standard InChI is InChI=1S/C16H16F3N3O4S/c1-2-13(14-9-10(7-8-20-14)15(23)21-24)22-27(25,26)12-5-3-11(4-6-12)16(17,18)19/h3-9,13,22,24H,2H2,1H3,(H,21,23). The predicted octanol–water partition coefficient (Wildman–Crippen LogP) is 2.65. The Morgan fingerprint density at radius 2 is 1.85 bits per heavy atom. The SMILES string of the molecule is CCC(NS(=O)(=O)c1ccc(C(F)(F)F)cc1)c1cc(C(=O)NO)ccn1. The van der Waals surface area contributed by atoms with Crippen LogP contribution in [0.15, 0.2) is 47.5 Å². The molecule has 0 aliphatic carbocycles. The summed E-state index contributed by atoms with van der Waals surface area (Å²) < 4.78 is 65.1. The topological polar surface area (TPSA) is 108 Å². The molecular formula is C16H16F3N3O4S. The molecule has 1 aromatic carbocycles. The number of carbonyl (C=O) groups is 1. The van der Waals surface area contributed by atoms with Crippen molar-refractivity contribution in [2.75, 3.05) is 0 Å². The maximum absolute atomic E-state index is 12.6. The second-order valence-electron chi connectivity index (χ2n) is 5.51. The maximum atomic E-state index is 12.6. The Morgan fingerprint density at radius 3 is 2.37 bits per heavy atom. The van der Waals surface area contributed by atoms with Crippen LogP contribution in [0.1, 0.15) is 41.0 Å². The normalized spacial score (nSPS) is 13.2. The summed E-state index contributed by atoms with van der Waals surface area (Å²) in [4.78, 5) is 15.2. The second kappa shape index (κ2) is 8.03. The number of hydrogen-bond acceptors (Lipinski definition) is 5. The van der Waals surface area contributed by atoms with Gasteiger partial charge in [-0.25, -0.2) is 18.6 Å². The van der Waals surface area contributed by atoms with Crippen molar-refractivity contribution in [2.24, 2.45) is 0 Å². The number of hydroxylamine groups is 1. The highest BCUT2D eigenvalue weighted by molar-refractivity contribution is 7.89. The molecule has 0 saturated carbocycles. The number of amides is 1. The van der Waals surface area contributed by atoms with Crippen LogP contribution in [0, 0.1) is 0 Å². The van der Waals surface area contributed by atoms with Gasteiger partial charge in [-0.15, -0.1) is 0 Å². The fourth-order valence-corrected chi connectivity index (χ4v) is 3.57. The van der Waals surface area contributed by atoms with Crippen LogP contribution in [-0.4, -0.2) is 24.5 Å². The zero-order valence-electron chi connectivity index (χ0n) is 14.0. The van der Waals surface area contributed by atoms with E-state index in [1.807, 2.05) is 0 Å². The summed E-state index contributed by atoms with van der Waals surface area (Å²) >= 11 is 0. The molecule has 146 valence electrons. The quantitative estimate of drug-likeness (QED) is 0.508. The Balaban J connectivity index is 2.28. The number of alkyl halides is 3. The van der Waals surface area contributed by atoms with Gasteiger partial charge in [-0.1, -0.05) is 6.92 Å². The Kier molecular flexibility index (Phi) is 6.19. The van der Waals surface area contributed by atoms with Crippen LogP contribution >= 0.6 is 0 Å². The van der Waals surface area contributed by atoms with E-state index in [9.17, 15) is 26.4 Å². The van der Waals surface area contributed by atoms with Crippen LogP contribution in [0.25, 0.3) is 0 Å². The van der Waals surface area contributed by atoms with Crippen molar-refractivity contribution in [1.82, 2.24) is 15.2 Å². The summed E-state index contributed by atoms with van der Waals surface area (Å²) in [6.07, 6.45) is -3.04. The Morgan fingerprint density at radius 1 is 1.22 bits per heavy atom. The van der Waals surface area contributed by atoms with Gasteiger partial charge in [0.25, 0.3) is 5.91 Å². The number of rotatable bonds is 6. The summed E-state index contributed by atoms with van der Waals surface area (Å²) in [6, 6.07) is 4.88. The van der Waals surface area contributed by atoms with Gasteiger partial charge in [0, 0.05) is 11.8 Å². The molecule has 0 radical (unpaired) electrons. The minimum Gasteiger partial charge on any atom is -0.288 e. The number of aromatic nitrogens is 1. The lowest BCUT2D eigenvalue weighted by Gasteiger charge is -2.17. The van der Waals surface area contributed by atoms with Crippen LogP contribution < -0.4 is 10.2 Å². The highest BCUT2D eigenvalue weighted by atomic mass is 32.2. The molecule has 0 bridgehead atoms. The minimum atomic E-state index is -4.57. The lowest BCUT2D eigenvalue weighted by Crippen LogP contribution is -2.29. The zero-order chi connectivity index (χ0) is 20.2. The molecule has 27 heavy (non-hydrogen) atoms. The molecule has 0 aliphatic heterocycles. The number of pyridine rings is 1. The largest absolute Gasteiger partial charge is 0.416 e. The molecule has 3 N–H and O–H groups in total. The fraction of sp³-hybridized carbons (Fsp3) is 0.250. The van der Waals surface area contributed by atoms with E-state index in [4.69, 9.17) is 5.21 Å². The van der Waals surface area contributed by atoms with E-state index >= 15 is 0 Å². The summed E-state index contributed by atoms with van der Waals surface area (Å²) in [5.74, 6) is -0.793. The van der Waals surface area contributed by atoms with Crippen LogP contribution in [-0.2, 0) is 16.2 Å². The van der Waals surface area contributed by atoms with Gasteiger partial charge in [-0.3, -0.25) is 15.0 Å². The number of carbonyl (C=O) groups excluding carboxylic acids is 1. The van der Waals surface area contributed by atoms with Gasteiger partial charge in [0.1, 0.15) is 0 Å². The van der Waals surface area contributed by atoms with Gasteiger partial charge in [0.05, 0.1) is 22.2 Å². The monoisotopic (exact) mass is 403 g/mol. The maximum Gasteiger partial charge on any atom is 0.416 e. The van der Waals surface area contributed by atoms with Crippen molar-refractivity contribution < 1.29 is 31.6 Å². The highest BCUT2D eigenvalue weighted by Crippen LogP contribution is 2.30. The second-order valence-corrected chi connectivity index (χ2v) is 7.23. The summed E-state index contributed by atoms with van der Waals surface area (Å²) in [6.45, 7) is 1.67. The Labute approximate surface area is 153 Å². The highest BCUT2D eigenvalue weighted by Gasteiger charge is 2.31. The number of hydrogen-bond donors (Lipinski definition) is 3. The van der Waals surface area contributed by atoms with Crippen molar-refractivity contribution in [3.8, 4) is 0 Å². The number of nitrogens with zero attached hydrogens (tertiary/aromatic N) is 1. The summed E-state index contributed by atoms with van der Waals surface area (Å²) in [7, 11) is -4.13. The van der Waals surface area contributed by atoms with Crippen molar-refractivity contribution in [3.05, 3.63) is 59.4 Å². The van der Waals surface area contributed by atoms with Gasteiger partial charge in [0.15, 0.2) is 0 Å². The first-order valence-corrected chi connectivity index (χ1v) is 9.16. The number of sulfonamides is 1. The summed E-state index contributed by atoms with van der Waals surface area (Å²) in [5, 5.41) is 8.68. The zero-order valence-corrected chi connectivity index (χ0v) is 14.8. The fourth-order valence-electron chi connectivity index (χ4n) is 2.28. The first kappa shape index (κ1) is 20.8. The van der Waals surface area contributed by atoms with Crippen molar-refractivity contribution in [1.29, 1.82) is 0 Å². The minimum absolute atomic E-state index is 0.0645. The molecule has 0 fully saturated rings. The molecule has 0 saturated heterocycles. The molecular weight excluding hydrogens is 387 g/mol. The number of benzene rings is 1. The van der Waals surface area contributed by atoms with E-state index in [1.54, 1.807) is 6.92 Å². The molecule has 0 spiro atoms. The molecule has 2 aromatic rings. The molecule has 7 nitrogen and oxygen atoms in total. The van der Waals surface area contributed by atoms with Gasteiger partial charge in [-0.2, -0.15) is 13.2 Å². The first-order valence-electron chi connectivity index (χ1n) is 7.68. The lowest BCUT2D eigenvalue weighted by molar-refractivity contribution is -0.137. The first-order chi connectivity index (χ1) is 12.6. The van der Waals surface area contributed by atoms with Crippen LogP contribution in [0.5, 0.6) is 0 Å².